The van der Waals surface area contributed by atoms with E-state index in [-0.39, 0.29) is 0 Å². The molecule has 0 spiro atoms. The van der Waals surface area contributed by atoms with Crippen molar-refractivity contribution in [1.82, 2.24) is 4.98 Å². The van der Waals surface area contributed by atoms with E-state index in [0.29, 0.717) is 5.82 Å². The lowest BCUT2D eigenvalue weighted by molar-refractivity contribution is 0.584. The molecular formula is C14H15FN2. The predicted octanol–water partition coefficient (Wildman–Crippen LogP) is 3.61. The number of halogens is 1. The molecule has 2 nitrogen and oxygen atoms in total. The van der Waals surface area contributed by atoms with Crippen molar-refractivity contribution in [1.29, 1.82) is 0 Å². The molecule has 17 heavy (non-hydrogen) atoms. The summed E-state index contributed by atoms with van der Waals surface area (Å²) in [4.78, 5) is 5.75. The lowest BCUT2D eigenvalue weighted by atomic mass is 10.1. The van der Waals surface area contributed by atoms with Gasteiger partial charge in [0.2, 0.25) is 5.95 Å². The second-order valence-corrected chi connectivity index (χ2v) is 4.22. The summed E-state index contributed by atoms with van der Waals surface area (Å²) >= 11 is 0. The predicted molar refractivity (Wildman–Crippen MR) is 68.2 cm³/mol. The average molecular weight is 230 g/mol. The van der Waals surface area contributed by atoms with Gasteiger partial charge in [-0.3, -0.25) is 0 Å². The molecule has 1 aromatic heterocycles. The maximum Gasteiger partial charge on any atom is 0.214 e. The highest BCUT2D eigenvalue weighted by atomic mass is 19.1. The topological polar surface area (TPSA) is 16.1 Å². The van der Waals surface area contributed by atoms with Crippen LogP contribution in [0.2, 0.25) is 0 Å². The van der Waals surface area contributed by atoms with Crippen LogP contribution in [0, 0.1) is 19.8 Å². The Hall–Kier alpha value is -1.90. The van der Waals surface area contributed by atoms with Gasteiger partial charge < -0.3 is 4.90 Å². The van der Waals surface area contributed by atoms with Crippen LogP contribution >= 0.6 is 0 Å². The van der Waals surface area contributed by atoms with Crippen LogP contribution in [0.3, 0.4) is 0 Å². The minimum absolute atomic E-state index is 0.460. The van der Waals surface area contributed by atoms with Gasteiger partial charge in [0.05, 0.1) is 0 Å². The molecule has 0 unspecified atom stereocenters. The van der Waals surface area contributed by atoms with Crippen molar-refractivity contribution in [2.45, 2.75) is 13.8 Å². The Kier molecular flexibility index (Phi) is 3.09. The molecule has 2 rings (SSSR count). The molecule has 0 aliphatic carbocycles. The summed E-state index contributed by atoms with van der Waals surface area (Å²) in [6.45, 7) is 4.09. The zero-order valence-corrected chi connectivity index (χ0v) is 10.2. The maximum absolute atomic E-state index is 13.1. The van der Waals surface area contributed by atoms with Gasteiger partial charge in [0.1, 0.15) is 5.82 Å². The van der Waals surface area contributed by atoms with Crippen molar-refractivity contribution in [3.05, 3.63) is 53.5 Å². The minimum atomic E-state index is -0.460. The highest BCUT2D eigenvalue weighted by molar-refractivity contribution is 5.60. The number of hydrogen-bond donors (Lipinski definition) is 0. The van der Waals surface area contributed by atoms with E-state index in [0.717, 1.165) is 5.69 Å². The van der Waals surface area contributed by atoms with Crippen molar-refractivity contribution in [3.63, 3.8) is 0 Å². The molecule has 0 bridgehead atoms. The lowest BCUT2D eigenvalue weighted by Gasteiger charge is -2.19. The van der Waals surface area contributed by atoms with Crippen molar-refractivity contribution in [2.75, 3.05) is 11.9 Å². The van der Waals surface area contributed by atoms with E-state index >= 15 is 0 Å². The molecule has 1 heterocycles. The molecule has 0 aliphatic rings. The second kappa shape index (κ2) is 4.53. The second-order valence-electron chi connectivity index (χ2n) is 4.22. The average Bonchev–Trinajstić information content (AvgIpc) is 2.26. The Morgan fingerprint density at radius 1 is 1.06 bits per heavy atom. The number of rotatable bonds is 2. The largest absolute Gasteiger partial charge is 0.329 e. The van der Waals surface area contributed by atoms with Crippen LogP contribution in [0.25, 0.3) is 0 Å². The molecule has 3 heteroatoms. The van der Waals surface area contributed by atoms with Gasteiger partial charge in [0.15, 0.2) is 0 Å². The van der Waals surface area contributed by atoms with E-state index in [4.69, 9.17) is 0 Å². The number of pyridine rings is 1. The lowest BCUT2D eigenvalue weighted by Crippen LogP contribution is -2.12. The smallest absolute Gasteiger partial charge is 0.214 e. The van der Waals surface area contributed by atoms with Crippen molar-refractivity contribution < 1.29 is 4.39 Å². The molecule has 1 aromatic carbocycles. The monoisotopic (exact) mass is 230 g/mol. The van der Waals surface area contributed by atoms with E-state index in [1.807, 2.05) is 25.8 Å². The standard InChI is InChI=1S/C14H15FN2/c1-10-7-11(2)9-12(8-10)17(3)14-6-4-5-13(15)16-14/h4-9H,1-3H3. The zero-order chi connectivity index (χ0) is 12.4. The Morgan fingerprint density at radius 3 is 2.29 bits per heavy atom. The first kappa shape index (κ1) is 11.6. The van der Waals surface area contributed by atoms with Crippen LogP contribution < -0.4 is 4.90 Å². The fourth-order valence-electron chi connectivity index (χ4n) is 1.86. The van der Waals surface area contributed by atoms with Crippen molar-refractivity contribution in [3.8, 4) is 0 Å². The molecule has 0 atom stereocenters. The first-order valence-corrected chi connectivity index (χ1v) is 5.51. The molecule has 2 aromatic rings. The molecule has 0 amide bonds. The number of aromatic nitrogens is 1. The normalized spacial score (nSPS) is 10.4. The number of hydrogen-bond acceptors (Lipinski definition) is 2. The summed E-state index contributed by atoms with van der Waals surface area (Å²) < 4.78 is 13.1. The fourth-order valence-corrected chi connectivity index (χ4v) is 1.86. The molecule has 0 saturated heterocycles. The van der Waals surface area contributed by atoms with E-state index in [1.165, 1.54) is 17.2 Å². The molecule has 0 saturated carbocycles. The molecule has 0 fully saturated rings. The van der Waals surface area contributed by atoms with Crippen LogP contribution in [0.5, 0.6) is 0 Å². The van der Waals surface area contributed by atoms with Gasteiger partial charge >= 0.3 is 0 Å². The first-order chi connectivity index (χ1) is 8.06. The fraction of sp³-hybridized carbons (Fsp3) is 0.214. The summed E-state index contributed by atoms with van der Waals surface area (Å²) in [5.41, 5.74) is 3.38. The molecular weight excluding hydrogens is 215 g/mol. The Labute approximate surface area is 101 Å². The number of anilines is 2. The van der Waals surface area contributed by atoms with E-state index < -0.39 is 5.95 Å². The summed E-state index contributed by atoms with van der Waals surface area (Å²) in [5, 5.41) is 0. The quantitative estimate of drug-likeness (QED) is 0.733. The van der Waals surface area contributed by atoms with Crippen molar-refractivity contribution in [2.24, 2.45) is 0 Å². The third-order valence-electron chi connectivity index (χ3n) is 2.64. The van der Waals surface area contributed by atoms with Crippen molar-refractivity contribution >= 4 is 11.5 Å². The van der Waals surface area contributed by atoms with Crippen LogP contribution in [0.4, 0.5) is 15.9 Å². The first-order valence-electron chi connectivity index (χ1n) is 5.51. The Bertz CT molecular complexity index is 517. The van der Waals surface area contributed by atoms with E-state index in [9.17, 15) is 4.39 Å². The molecule has 88 valence electrons. The third kappa shape index (κ3) is 2.61. The zero-order valence-electron chi connectivity index (χ0n) is 10.2. The van der Waals surface area contributed by atoms with Crippen LogP contribution in [0.15, 0.2) is 36.4 Å². The highest BCUT2D eigenvalue weighted by Crippen LogP contribution is 2.23. The van der Waals surface area contributed by atoms with Gasteiger partial charge in [0, 0.05) is 12.7 Å². The van der Waals surface area contributed by atoms with E-state index in [1.54, 1.807) is 12.1 Å². The Balaban J connectivity index is 2.39. The van der Waals surface area contributed by atoms with Gasteiger partial charge in [0.25, 0.3) is 0 Å². The number of nitrogens with zero attached hydrogens (tertiary/aromatic N) is 2. The maximum atomic E-state index is 13.1. The highest BCUT2D eigenvalue weighted by Gasteiger charge is 2.06. The van der Waals surface area contributed by atoms with Crippen LogP contribution in [0.1, 0.15) is 11.1 Å². The molecule has 0 aliphatic heterocycles. The summed E-state index contributed by atoms with van der Waals surface area (Å²) in [5.74, 6) is 0.147. The minimum Gasteiger partial charge on any atom is -0.329 e. The number of aryl methyl sites for hydroxylation is 2. The van der Waals surface area contributed by atoms with Gasteiger partial charge in [-0.25, -0.2) is 4.98 Å². The summed E-state index contributed by atoms with van der Waals surface area (Å²) in [6.07, 6.45) is 0. The Morgan fingerprint density at radius 2 is 1.71 bits per heavy atom. The van der Waals surface area contributed by atoms with Gasteiger partial charge in [-0.2, -0.15) is 4.39 Å². The van der Waals surface area contributed by atoms with Crippen LogP contribution in [-0.4, -0.2) is 12.0 Å². The third-order valence-corrected chi connectivity index (χ3v) is 2.64. The van der Waals surface area contributed by atoms with E-state index in [2.05, 4.69) is 23.2 Å². The number of benzene rings is 1. The summed E-state index contributed by atoms with van der Waals surface area (Å²) in [7, 11) is 1.88. The van der Waals surface area contributed by atoms with Gasteiger partial charge in [-0.05, 0) is 49.2 Å². The molecule has 0 N–H and O–H groups in total. The molecule has 0 radical (unpaired) electrons. The van der Waals surface area contributed by atoms with Gasteiger partial charge in [-0.1, -0.05) is 12.1 Å². The van der Waals surface area contributed by atoms with Gasteiger partial charge in [-0.15, -0.1) is 0 Å². The van der Waals surface area contributed by atoms with Crippen LogP contribution in [-0.2, 0) is 0 Å². The summed E-state index contributed by atoms with van der Waals surface area (Å²) in [6, 6.07) is 11.0. The SMILES string of the molecule is Cc1cc(C)cc(N(C)c2cccc(F)n2)c1.